The second-order valence-corrected chi connectivity index (χ2v) is 6.57. The lowest BCUT2D eigenvalue weighted by Crippen LogP contribution is -2.54. The fraction of sp³-hybridized carbons (Fsp3) is 0.909. The largest absolute Gasteiger partial charge is 0.469 e. The van der Waals surface area contributed by atoms with Crippen LogP contribution in [0.25, 0.3) is 0 Å². The van der Waals surface area contributed by atoms with Crippen molar-refractivity contribution in [1.29, 1.82) is 0 Å². The van der Waals surface area contributed by atoms with Gasteiger partial charge in [0.25, 0.3) is 10.2 Å². The summed E-state index contributed by atoms with van der Waals surface area (Å²) >= 11 is 0. The van der Waals surface area contributed by atoms with E-state index in [4.69, 9.17) is 0 Å². The first-order valence-electron chi connectivity index (χ1n) is 6.40. The molecule has 1 heterocycles. The van der Waals surface area contributed by atoms with E-state index in [1.54, 1.807) is 0 Å². The van der Waals surface area contributed by atoms with Gasteiger partial charge >= 0.3 is 5.97 Å². The van der Waals surface area contributed by atoms with E-state index in [9.17, 15) is 13.2 Å². The molecule has 1 rings (SSSR count). The molecule has 2 atom stereocenters. The number of hydrogen-bond donors (Lipinski definition) is 2. The predicted octanol–water partition coefficient (Wildman–Crippen LogP) is -0.544. The highest BCUT2D eigenvalue weighted by molar-refractivity contribution is 7.87. The fourth-order valence-electron chi connectivity index (χ4n) is 1.96. The van der Waals surface area contributed by atoms with Crippen molar-refractivity contribution in [2.45, 2.75) is 38.3 Å². The lowest BCUT2D eigenvalue weighted by atomic mass is 10.0. The molecule has 0 aliphatic carbocycles. The van der Waals surface area contributed by atoms with Crippen LogP contribution in [0.1, 0.15) is 26.2 Å². The van der Waals surface area contributed by atoms with Gasteiger partial charge in [-0.2, -0.15) is 17.4 Å². The molecule has 1 aliphatic heterocycles. The van der Waals surface area contributed by atoms with Crippen LogP contribution in [0.5, 0.6) is 0 Å². The lowest BCUT2D eigenvalue weighted by molar-refractivity contribution is -0.140. The minimum Gasteiger partial charge on any atom is -0.469 e. The van der Waals surface area contributed by atoms with Crippen molar-refractivity contribution in [3.63, 3.8) is 0 Å². The first-order valence-corrected chi connectivity index (χ1v) is 7.84. The molecular formula is C11H23N3O4S. The van der Waals surface area contributed by atoms with Gasteiger partial charge in [-0.3, -0.25) is 4.79 Å². The summed E-state index contributed by atoms with van der Waals surface area (Å²) in [6, 6.07) is -0.00291. The van der Waals surface area contributed by atoms with Crippen molar-refractivity contribution in [2.75, 3.05) is 27.2 Å². The maximum Gasteiger partial charge on any atom is 0.306 e. The molecule has 1 fully saturated rings. The number of ether oxygens (including phenoxy) is 1. The van der Waals surface area contributed by atoms with Gasteiger partial charge in [-0.05, 0) is 26.3 Å². The van der Waals surface area contributed by atoms with Crippen LogP contribution in [0.4, 0.5) is 0 Å². The Morgan fingerprint density at radius 2 is 2.21 bits per heavy atom. The number of carbonyl (C=O) groups is 1. The Labute approximate surface area is 114 Å². The van der Waals surface area contributed by atoms with E-state index in [0.29, 0.717) is 0 Å². The van der Waals surface area contributed by atoms with Crippen molar-refractivity contribution in [3.05, 3.63) is 0 Å². The molecule has 0 aromatic rings. The van der Waals surface area contributed by atoms with Gasteiger partial charge in [-0.25, -0.2) is 0 Å². The summed E-state index contributed by atoms with van der Waals surface area (Å²) < 4.78 is 32.5. The van der Waals surface area contributed by atoms with E-state index in [2.05, 4.69) is 14.8 Å². The first-order chi connectivity index (χ1) is 8.86. The second kappa shape index (κ2) is 7.18. The van der Waals surface area contributed by atoms with Gasteiger partial charge in [0, 0.05) is 25.7 Å². The third-order valence-corrected chi connectivity index (χ3v) is 4.93. The van der Waals surface area contributed by atoms with Crippen molar-refractivity contribution < 1.29 is 17.9 Å². The summed E-state index contributed by atoms with van der Waals surface area (Å²) in [4.78, 5) is 11.0. The third kappa shape index (κ3) is 5.06. The number of carbonyl (C=O) groups excluding carboxylic acids is 1. The maximum absolute atomic E-state index is 12.1. The van der Waals surface area contributed by atoms with Gasteiger partial charge in [0.05, 0.1) is 13.5 Å². The zero-order valence-corrected chi connectivity index (χ0v) is 12.5. The summed E-state index contributed by atoms with van der Waals surface area (Å²) in [5, 5.41) is 3.23. The summed E-state index contributed by atoms with van der Waals surface area (Å²) in [6.07, 6.45) is 1.81. The Bertz CT molecular complexity index is 399. The molecule has 7 nitrogen and oxygen atoms in total. The SMILES string of the molecule is COC(=O)CCN(C)S(=O)(=O)NC1CCCNC1C. The van der Waals surface area contributed by atoms with Crippen LogP contribution in [0, 0.1) is 0 Å². The highest BCUT2D eigenvalue weighted by atomic mass is 32.2. The van der Waals surface area contributed by atoms with Gasteiger partial charge in [-0.1, -0.05) is 0 Å². The summed E-state index contributed by atoms with van der Waals surface area (Å²) in [5.41, 5.74) is 0. The van der Waals surface area contributed by atoms with E-state index < -0.39 is 16.2 Å². The zero-order valence-electron chi connectivity index (χ0n) is 11.7. The Kier molecular flexibility index (Phi) is 6.18. The molecule has 0 radical (unpaired) electrons. The maximum atomic E-state index is 12.1. The minimum absolute atomic E-state index is 0.0480. The normalized spacial score (nSPS) is 24.4. The van der Waals surface area contributed by atoms with E-state index in [-0.39, 0.29) is 25.0 Å². The number of esters is 1. The summed E-state index contributed by atoms with van der Waals surface area (Å²) in [6.45, 7) is 2.98. The van der Waals surface area contributed by atoms with E-state index >= 15 is 0 Å². The lowest BCUT2D eigenvalue weighted by Gasteiger charge is -2.31. The third-order valence-electron chi connectivity index (χ3n) is 3.33. The van der Waals surface area contributed by atoms with Gasteiger partial charge < -0.3 is 10.1 Å². The number of nitrogens with one attached hydrogen (secondary N) is 2. The van der Waals surface area contributed by atoms with Crippen molar-refractivity contribution in [2.24, 2.45) is 0 Å². The second-order valence-electron chi connectivity index (χ2n) is 4.76. The number of hydrogen-bond acceptors (Lipinski definition) is 5. The molecule has 0 saturated carbocycles. The average molecular weight is 293 g/mol. The molecule has 0 spiro atoms. The van der Waals surface area contributed by atoms with Crippen LogP contribution in [0.3, 0.4) is 0 Å². The van der Waals surface area contributed by atoms with E-state index in [0.717, 1.165) is 23.7 Å². The van der Waals surface area contributed by atoms with E-state index in [1.165, 1.54) is 14.2 Å². The summed E-state index contributed by atoms with van der Waals surface area (Å²) in [5.74, 6) is -0.422. The Hall–Kier alpha value is -0.700. The smallest absolute Gasteiger partial charge is 0.306 e. The molecule has 0 bridgehead atoms. The quantitative estimate of drug-likeness (QED) is 0.642. The van der Waals surface area contributed by atoms with Crippen LogP contribution in [-0.2, 0) is 19.7 Å². The van der Waals surface area contributed by atoms with Gasteiger partial charge in [0.15, 0.2) is 0 Å². The number of piperidine rings is 1. The fourth-order valence-corrected chi connectivity index (χ4v) is 3.17. The molecule has 1 saturated heterocycles. The molecule has 2 unspecified atom stereocenters. The standard InChI is InChI=1S/C11H23N3O4S/c1-9-10(5-4-7-12-9)13-19(16,17)14(2)8-6-11(15)18-3/h9-10,12-13H,4-8H2,1-3H3. The van der Waals surface area contributed by atoms with Gasteiger partial charge in [0.1, 0.15) is 0 Å². The van der Waals surface area contributed by atoms with Crippen LogP contribution in [0.15, 0.2) is 0 Å². The Morgan fingerprint density at radius 1 is 1.53 bits per heavy atom. The zero-order chi connectivity index (χ0) is 14.5. The molecule has 2 N–H and O–H groups in total. The highest BCUT2D eigenvalue weighted by Crippen LogP contribution is 2.10. The van der Waals surface area contributed by atoms with Gasteiger partial charge in [0.2, 0.25) is 0 Å². The molecule has 0 aromatic heterocycles. The number of rotatable bonds is 6. The molecular weight excluding hydrogens is 270 g/mol. The molecule has 112 valence electrons. The first kappa shape index (κ1) is 16.4. The van der Waals surface area contributed by atoms with Crippen molar-refractivity contribution >= 4 is 16.2 Å². The minimum atomic E-state index is -3.56. The molecule has 1 aliphatic rings. The molecule has 0 aromatic carbocycles. The van der Waals surface area contributed by atoms with Gasteiger partial charge in [-0.15, -0.1) is 0 Å². The Morgan fingerprint density at radius 3 is 2.79 bits per heavy atom. The molecule has 8 heteroatoms. The highest BCUT2D eigenvalue weighted by Gasteiger charge is 2.27. The number of nitrogens with zero attached hydrogens (tertiary/aromatic N) is 1. The average Bonchev–Trinajstić information content (AvgIpc) is 2.37. The Balaban J connectivity index is 2.51. The van der Waals surface area contributed by atoms with Crippen LogP contribution in [0.2, 0.25) is 0 Å². The molecule has 19 heavy (non-hydrogen) atoms. The van der Waals surface area contributed by atoms with Crippen LogP contribution >= 0.6 is 0 Å². The van der Waals surface area contributed by atoms with Crippen LogP contribution in [-0.4, -0.2) is 58.0 Å². The predicted molar refractivity (Wildman–Crippen MR) is 71.8 cm³/mol. The molecule has 0 amide bonds. The van der Waals surface area contributed by atoms with Crippen molar-refractivity contribution in [1.82, 2.24) is 14.3 Å². The van der Waals surface area contributed by atoms with Crippen LogP contribution < -0.4 is 10.0 Å². The number of methoxy groups -OCH3 is 1. The summed E-state index contributed by atoms with van der Waals surface area (Å²) in [7, 11) is -0.828. The topological polar surface area (TPSA) is 87.7 Å². The monoisotopic (exact) mass is 293 g/mol. The van der Waals surface area contributed by atoms with E-state index in [1.807, 2.05) is 6.92 Å². The van der Waals surface area contributed by atoms with Crippen molar-refractivity contribution in [3.8, 4) is 0 Å².